The van der Waals surface area contributed by atoms with Crippen LogP contribution in [0, 0.1) is 5.92 Å². The van der Waals surface area contributed by atoms with Crippen molar-refractivity contribution in [2.75, 3.05) is 13.2 Å². The molecule has 0 spiro atoms. The molecule has 0 bridgehead atoms. The van der Waals surface area contributed by atoms with E-state index in [-0.39, 0.29) is 18.1 Å². The van der Waals surface area contributed by atoms with E-state index in [1.165, 1.54) is 0 Å². The average molecular weight is 291 g/mol. The summed E-state index contributed by atoms with van der Waals surface area (Å²) in [5.41, 5.74) is 3.25. The Hall–Kier alpha value is -1.36. The molecule has 0 radical (unpaired) electrons. The van der Waals surface area contributed by atoms with Gasteiger partial charge in [-0.3, -0.25) is 0 Å². The topological polar surface area (TPSA) is 47.3 Å². The molecule has 2 aromatic rings. The van der Waals surface area contributed by atoms with Crippen LogP contribution in [0.1, 0.15) is 18.0 Å². The molecule has 3 unspecified atom stereocenters. The van der Waals surface area contributed by atoms with Crippen molar-refractivity contribution in [1.29, 1.82) is 0 Å². The maximum absolute atomic E-state index is 10.4. The highest BCUT2D eigenvalue weighted by molar-refractivity contribution is 6.32. The molecule has 4 nitrogen and oxygen atoms in total. The maximum atomic E-state index is 10.4. The van der Waals surface area contributed by atoms with Crippen molar-refractivity contribution in [2.45, 2.75) is 18.6 Å². The number of aliphatic hydroxyl groups excluding tert-OH is 1. The van der Waals surface area contributed by atoms with E-state index in [9.17, 15) is 5.11 Å². The molecule has 0 saturated carbocycles. The molecule has 2 aliphatic rings. The van der Waals surface area contributed by atoms with Gasteiger partial charge >= 0.3 is 0 Å². The molecule has 1 saturated heterocycles. The summed E-state index contributed by atoms with van der Waals surface area (Å²) in [5, 5.41) is 11.1. The fraction of sp³-hybridized carbons (Fsp3) is 0.400. The predicted molar refractivity (Wildman–Crippen MR) is 75.7 cm³/mol. The van der Waals surface area contributed by atoms with Gasteiger partial charge < -0.3 is 14.4 Å². The van der Waals surface area contributed by atoms with Crippen molar-refractivity contribution < 1.29 is 9.84 Å². The van der Waals surface area contributed by atoms with Crippen LogP contribution in [-0.2, 0) is 4.74 Å². The Morgan fingerprint density at radius 2 is 2.30 bits per heavy atom. The summed E-state index contributed by atoms with van der Waals surface area (Å²) in [4.78, 5) is 4.24. The quantitative estimate of drug-likeness (QED) is 0.878. The fourth-order valence-electron chi connectivity index (χ4n) is 3.41. The lowest BCUT2D eigenvalue weighted by atomic mass is 9.86. The highest BCUT2D eigenvalue weighted by atomic mass is 35.5. The molecule has 4 rings (SSSR count). The van der Waals surface area contributed by atoms with Crippen LogP contribution in [0.5, 0.6) is 0 Å². The summed E-state index contributed by atoms with van der Waals surface area (Å²) >= 11 is 6.42. The number of hydrogen-bond donors (Lipinski definition) is 1. The Bertz CT molecular complexity index is 655. The van der Waals surface area contributed by atoms with Crippen molar-refractivity contribution >= 4 is 11.6 Å². The van der Waals surface area contributed by atoms with Gasteiger partial charge in [0.25, 0.3) is 0 Å². The zero-order valence-corrected chi connectivity index (χ0v) is 11.6. The van der Waals surface area contributed by atoms with E-state index in [0.29, 0.717) is 19.6 Å². The van der Waals surface area contributed by atoms with Gasteiger partial charge in [-0.1, -0.05) is 23.7 Å². The smallest absolute Gasteiger partial charge is 0.0956 e. The van der Waals surface area contributed by atoms with Crippen LogP contribution < -0.4 is 0 Å². The molecule has 1 aromatic heterocycles. The molecule has 3 atom stereocenters. The van der Waals surface area contributed by atoms with E-state index in [0.717, 1.165) is 21.8 Å². The third-order valence-electron chi connectivity index (χ3n) is 4.36. The largest absolute Gasteiger partial charge is 0.393 e. The average Bonchev–Trinajstić information content (AvgIpc) is 3.01. The number of rotatable bonds is 1. The number of fused-ring (bicyclic) bond motifs is 3. The van der Waals surface area contributed by atoms with Crippen LogP contribution in [0.2, 0.25) is 5.02 Å². The summed E-state index contributed by atoms with van der Waals surface area (Å²) in [6, 6.07) is 5.93. The number of halogens is 1. The van der Waals surface area contributed by atoms with Crippen molar-refractivity contribution in [3.8, 4) is 11.3 Å². The van der Waals surface area contributed by atoms with Gasteiger partial charge in [0.05, 0.1) is 37.0 Å². The Morgan fingerprint density at radius 1 is 1.40 bits per heavy atom. The highest BCUT2D eigenvalue weighted by Crippen LogP contribution is 2.47. The van der Waals surface area contributed by atoms with Gasteiger partial charge in [-0.15, -0.1) is 0 Å². The minimum absolute atomic E-state index is 0.00602. The lowest BCUT2D eigenvalue weighted by molar-refractivity contribution is -0.0481. The van der Waals surface area contributed by atoms with Crippen molar-refractivity contribution in [3.63, 3.8) is 0 Å². The summed E-state index contributed by atoms with van der Waals surface area (Å²) in [5.74, 6) is 0.0119. The van der Waals surface area contributed by atoms with Crippen LogP contribution in [0.3, 0.4) is 0 Å². The monoisotopic (exact) mass is 290 g/mol. The predicted octanol–water partition coefficient (Wildman–Crippen LogP) is 2.50. The first-order chi connectivity index (χ1) is 9.77. The van der Waals surface area contributed by atoms with Gasteiger partial charge in [0.2, 0.25) is 0 Å². The van der Waals surface area contributed by atoms with Crippen LogP contribution in [0.15, 0.2) is 30.7 Å². The van der Waals surface area contributed by atoms with Crippen molar-refractivity contribution in [3.05, 3.63) is 41.3 Å². The number of ether oxygens (including phenoxy) is 1. The standard InChI is InChI=1S/C15H15ClN2O2/c16-11-3-1-2-9-12-6-17-8-18(12)15(14(9)11)10-7-20-5-4-13(10)19/h1-3,6,8,10,13,15,19H,4-5,7H2. The normalized spacial score (nSPS) is 28.2. The lowest BCUT2D eigenvalue weighted by Crippen LogP contribution is -2.37. The zero-order chi connectivity index (χ0) is 13.7. The SMILES string of the molecule is OC1CCOCC1C1c2c(Cl)cccc2-c2cncn21. The molecule has 0 amide bonds. The Morgan fingerprint density at radius 3 is 3.15 bits per heavy atom. The van der Waals surface area contributed by atoms with Crippen molar-refractivity contribution in [1.82, 2.24) is 9.55 Å². The van der Waals surface area contributed by atoms with E-state index in [2.05, 4.69) is 15.6 Å². The van der Waals surface area contributed by atoms with Gasteiger partial charge in [0.1, 0.15) is 0 Å². The van der Waals surface area contributed by atoms with E-state index in [1.807, 2.05) is 24.7 Å². The second-order valence-electron chi connectivity index (χ2n) is 5.43. The highest BCUT2D eigenvalue weighted by Gasteiger charge is 2.40. The molecule has 3 heterocycles. The van der Waals surface area contributed by atoms with E-state index in [1.54, 1.807) is 0 Å². The summed E-state index contributed by atoms with van der Waals surface area (Å²) in [6.07, 6.45) is 3.97. The number of nitrogens with zero attached hydrogens (tertiary/aromatic N) is 2. The molecule has 5 heteroatoms. The fourth-order valence-corrected chi connectivity index (χ4v) is 3.69. The van der Waals surface area contributed by atoms with Crippen LogP contribution in [-0.4, -0.2) is 34.0 Å². The Kier molecular flexibility index (Phi) is 2.84. The number of aliphatic hydroxyl groups is 1. The first-order valence-corrected chi connectivity index (χ1v) is 7.21. The molecule has 2 aliphatic heterocycles. The van der Waals surface area contributed by atoms with Crippen LogP contribution in [0.4, 0.5) is 0 Å². The number of aromatic nitrogens is 2. The number of benzene rings is 1. The zero-order valence-electron chi connectivity index (χ0n) is 10.9. The van der Waals surface area contributed by atoms with Crippen molar-refractivity contribution in [2.24, 2.45) is 5.92 Å². The second kappa shape index (κ2) is 4.58. The molecule has 1 N–H and O–H groups in total. The molecule has 20 heavy (non-hydrogen) atoms. The van der Waals surface area contributed by atoms with E-state index in [4.69, 9.17) is 16.3 Å². The van der Waals surface area contributed by atoms with Gasteiger partial charge in [-0.25, -0.2) is 4.98 Å². The third kappa shape index (κ3) is 1.65. The Labute approximate surface area is 122 Å². The molecular formula is C15H15ClN2O2. The van der Waals surface area contributed by atoms with Gasteiger partial charge in [-0.2, -0.15) is 0 Å². The van der Waals surface area contributed by atoms with Crippen LogP contribution in [0.25, 0.3) is 11.3 Å². The van der Waals surface area contributed by atoms with E-state index >= 15 is 0 Å². The third-order valence-corrected chi connectivity index (χ3v) is 4.69. The van der Waals surface area contributed by atoms with E-state index < -0.39 is 0 Å². The second-order valence-corrected chi connectivity index (χ2v) is 5.83. The first kappa shape index (κ1) is 12.4. The molecule has 104 valence electrons. The summed E-state index contributed by atoms with van der Waals surface area (Å²) in [6.45, 7) is 1.17. The molecule has 1 aromatic carbocycles. The molecule has 0 aliphatic carbocycles. The Balaban J connectivity index is 1.88. The maximum Gasteiger partial charge on any atom is 0.0956 e. The summed E-state index contributed by atoms with van der Waals surface area (Å²) < 4.78 is 7.68. The van der Waals surface area contributed by atoms with Gasteiger partial charge in [-0.05, 0) is 12.5 Å². The lowest BCUT2D eigenvalue weighted by Gasteiger charge is -2.33. The summed E-state index contributed by atoms with van der Waals surface area (Å²) in [7, 11) is 0. The first-order valence-electron chi connectivity index (χ1n) is 6.84. The van der Waals surface area contributed by atoms with Gasteiger partial charge in [0.15, 0.2) is 0 Å². The number of imidazole rings is 1. The van der Waals surface area contributed by atoms with Crippen LogP contribution >= 0.6 is 11.6 Å². The molecule has 1 fully saturated rings. The minimum Gasteiger partial charge on any atom is -0.393 e. The van der Waals surface area contributed by atoms with Gasteiger partial charge in [0, 0.05) is 28.7 Å². The minimum atomic E-state index is -0.369. The molecular weight excluding hydrogens is 276 g/mol. The number of hydrogen-bond acceptors (Lipinski definition) is 3.